The van der Waals surface area contributed by atoms with E-state index in [0.29, 0.717) is 6.04 Å². The Balaban J connectivity index is 1.58. The van der Waals surface area contributed by atoms with Gasteiger partial charge in [-0.25, -0.2) is 0 Å². The Morgan fingerprint density at radius 1 is 1.07 bits per heavy atom. The standard InChI is InChI=1S/C13H26N2/c1-3-14-10(2)8-9-15-13(11-4-5-11)12-6-7-12/h10-15H,3-9H2,1-2H3. The molecule has 0 aromatic rings. The summed E-state index contributed by atoms with van der Waals surface area (Å²) in [6, 6.07) is 1.54. The largest absolute Gasteiger partial charge is 0.314 e. The SMILES string of the molecule is CCNC(C)CCNC(C1CC1)C1CC1. The van der Waals surface area contributed by atoms with E-state index in [9.17, 15) is 0 Å². The van der Waals surface area contributed by atoms with Gasteiger partial charge in [-0.2, -0.15) is 0 Å². The Morgan fingerprint density at radius 3 is 2.13 bits per heavy atom. The first kappa shape index (κ1) is 11.4. The molecular formula is C13H26N2. The third-order valence-corrected chi connectivity index (χ3v) is 3.77. The number of hydrogen-bond acceptors (Lipinski definition) is 2. The molecular weight excluding hydrogens is 184 g/mol. The van der Waals surface area contributed by atoms with Crippen LogP contribution in [-0.2, 0) is 0 Å². The molecule has 2 aliphatic rings. The monoisotopic (exact) mass is 210 g/mol. The Kier molecular flexibility index (Phi) is 4.04. The predicted octanol–water partition coefficient (Wildman–Crippen LogP) is 2.15. The van der Waals surface area contributed by atoms with Gasteiger partial charge in [0.25, 0.3) is 0 Å². The van der Waals surface area contributed by atoms with Gasteiger partial charge in [0.15, 0.2) is 0 Å². The fraction of sp³-hybridized carbons (Fsp3) is 1.00. The Labute approximate surface area is 94.2 Å². The van der Waals surface area contributed by atoms with Gasteiger partial charge < -0.3 is 10.6 Å². The fourth-order valence-corrected chi connectivity index (χ4v) is 2.55. The third-order valence-electron chi connectivity index (χ3n) is 3.77. The molecule has 2 fully saturated rings. The summed E-state index contributed by atoms with van der Waals surface area (Å²) in [6.07, 6.45) is 7.20. The van der Waals surface area contributed by atoms with Crippen molar-refractivity contribution in [1.82, 2.24) is 10.6 Å². The lowest BCUT2D eigenvalue weighted by atomic mass is 10.1. The van der Waals surface area contributed by atoms with Crippen LogP contribution in [0.15, 0.2) is 0 Å². The highest BCUT2D eigenvalue weighted by molar-refractivity contribution is 4.96. The number of hydrogen-bond donors (Lipinski definition) is 2. The van der Waals surface area contributed by atoms with Crippen LogP contribution >= 0.6 is 0 Å². The van der Waals surface area contributed by atoms with Gasteiger partial charge >= 0.3 is 0 Å². The van der Waals surface area contributed by atoms with Crippen LogP contribution in [0.3, 0.4) is 0 Å². The molecule has 0 bridgehead atoms. The van der Waals surface area contributed by atoms with Gasteiger partial charge in [0, 0.05) is 12.1 Å². The van der Waals surface area contributed by atoms with Gasteiger partial charge in [-0.3, -0.25) is 0 Å². The Hall–Kier alpha value is -0.0800. The quantitative estimate of drug-likeness (QED) is 0.641. The molecule has 2 aliphatic carbocycles. The molecule has 2 heteroatoms. The normalized spacial score (nSPS) is 23.4. The van der Waals surface area contributed by atoms with Crippen molar-refractivity contribution in [1.29, 1.82) is 0 Å². The molecule has 88 valence electrons. The summed E-state index contributed by atoms with van der Waals surface area (Å²) in [5, 5.41) is 7.26. The average Bonchev–Trinajstić information content (AvgIpc) is 3.03. The summed E-state index contributed by atoms with van der Waals surface area (Å²) >= 11 is 0. The average molecular weight is 210 g/mol. The summed E-state index contributed by atoms with van der Waals surface area (Å²) in [7, 11) is 0. The van der Waals surface area contributed by atoms with Gasteiger partial charge in [0.2, 0.25) is 0 Å². The lowest BCUT2D eigenvalue weighted by molar-refractivity contribution is 0.397. The number of rotatable bonds is 8. The molecule has 0 radical (unpaired) electrons. The smallest absolute Gasteiger partial charge is 0.0124 e. The zero-order valence-electron chi connectivity index (χ0n) is 10.3. The van der Waals surface area contributed by atoms with Crippen molar-refractivity contribution in [3.63, 3.8) is 0 Å². The molecule has 2 saturated carbocycles. The first-order valence-electron chi connectivity index (χ1n) is 6.78. The van der Waals surface area contributed by atoms with E-state index in [1.807, 2.05) is 0 Å². The van der Waals surface area contributed by atoms with E-state index < -0.39 is 0 Å². The van der Waals surface area contributed by atoms with E-state index in [2.05, 4.69) is 24.5 Å². The van der Waals surface area contributed by atoms with Crippen LogP contribution in [0.5, 0.6) is 0 Å². The molecule has 0 aromatic carbocycles. The highest BCUT2D eigenvalue weighted by Crippen LogP contribution is 2.44. The van der Waals surface area contributed by atoms with Gasteiger partial charge in [-0.05, 0) is 64.0 Å². The Bertz CT molecular complexity index is 173. The van der Waals surface area contributed by atoms with Gasteiger partial charge in [0.05, 0.1) is 0 Å². The van der Waals surface area contributed by atoms with Crippen LogP contribution in [0, 0.1) is 11.8 Å². The van der Waals surface area contributed by atoms with Crippen molar-refractivity contribution in [2.24, 2.45) is 11.8 Å². The van der Waals surface area contributed by atoms with Crippen LogP contribution in [0.25, 0.3) is 0 Å². The van der Waals surface area contributed by atoms with Crippen LogP contribution in [-0.4, -0.2) is 25.2 Å². The van der Waals surface area contributed by atoms with E-state index >= 15 is 0 Å². The molecule has 0 saturated heterocycles. The maximum absolute atomic E-state index is 3.79. The molecule has 2 N–H and O–H groups in total. The fourth-order valence-electron chi connectivity index (χ4n) is 2.55. The molecule has 2 rings (SSSR count). The summed E-state index contributed by atoms with van der Waals surface area (Å²) in [4.78, 5) is 0. The van der Waals surface area contributed by atoms with Crippen molar-refractivity contribution in [3.05, 3.63) is 0 Å². The molecule has 0 amide bonds. The highest BCUT2D eigenvalue weighted by atomic mass is 15.0. The van der Waals surface area contributed by atoms with E-state index in [1.54, 1.807) is 0 Å². The lowest BCUT2D eigenvalue weighted by Crippen LogP contribution is -2.37. The van der Waals surface area contributed by atoms with Crippen molar-refractivity contribution in [2.45, 2.75) is 58.0 Å². The first-order chi connectivity index (χ1) is 7.31. The van der Waals surface area contributed by atoms with Crippen LogP contribution < -0.4 is 10.6 Å². The second-order valence-electron chi connectivity index (χ2n) is 5.40. The van der Waals surface area contributed by atoms with Crippen molar-refractivity contribution in [3.8, 4) is 0 Å². The molecule has 1 atom stereocenters. The minimum Gasteiger partial charge on any atom is -0.314 e. The molecule has 0 aliphatic heterocycles. The van der Waals surface area contributed by atoms with Crippen LogP contribution in [0.4, 0.5) is 0 Å². The predicted molar refractivity (Wildman–Crippen MR) is 65.0 cm³/mol. The second-order valence-corrected chi connectivity index (χ2v) is 5.40. The van der Waals surface area contributed by atoms with Gasteiger partial charge in [0.1, 0.15) is 0 Å². The molecule has 0 heterocycles. The topological polar surface area (TPSA) is 24.1 Å². The second kappa shape index (κ2) is 5.31. The van der Waals surface area contributed by atoms with Crippen molar-refractivity contribution < 1.29 is 0 Å². The van der Waals surface area contributed by atoms with E-state index in [0.717, 1.165) is 24.4 Å². The zero-order chi connectivity index (χ0) is 10.7. The van der Waals surface area contributed by atoms with E-state index in [4.69, 9.17) is 0 Å². The van der Waals surface area contributed by atoms with Crippen LogP contribution in [0.2, 0.25) is 0 Å². The van der Waals surface area contributed by atoms with E-state index in [-0.39, 0.29) is 0 Å². The molecule has 2 nitrogen and oxygen atoms in total. The highest BCUT2D eigenvalue weighted by Gasteiger charge is 2.40. The third kappa shape index (κ3) is 3.76. The zero-order valence-corrected chi connectivity index (χ0v) is 10.3. The Morgan fingerprint density at radius 2 is 1.67 bits per heavy atom. The minimum absolute atomic E-state index is 0.668. The summed E-state index contributed by atoms with van der Waals surface area (Å²) in [6.45, 7) is 6.76. The number of nitrogens with one attached hydrogen (secondary N) is 2. The summed E-state index contributed by atoms with van der Waals surface area (Å²) in [5.74, 6) is 2.07. The van der Waals surface area contributed by atoms with Crippen molar-refractivity contribution in [2.75, 3.05) is 13.1 Å². The summed E-state index contributed by atoms with van der Waals surface area (Å²) < 4.78 is 0. The maximum atomic E-state index is 3.79. The van der Waals surface area contributed by atoms with Gasteiger partial charge in [-0.1, -0.05) is 6.92 Å². The maximum Gasteiger partial charge on any atom is 0.0124 e. The first-order valence-corrected chi connectivity index (χ1v) is 6.78. The molecule has 15 heavy (non-hydrogen) atoms. The van der Waals surface area contributed by atoms with Gasteiger partial charge in [-0.15, -0.1) is 0 Å². The minimum atomic E-state index is 0.668. The van der Waals surface area contributed by atoms with E-state index in [1.165, 1.54) is 38.6 Å². The van der Waals surface area contributed by atoms with Crippen molar-refractivity contribution >= 4 is 0 Å². The lowest BCUT2D eigenvalue weighted by Gasteiger charge is -2.19. The molecule has 0 aromatic heterocycles. The van der Waals surface area contributed by atoms with Crippen LogP contribution in [0.1, 0.15) is 46.0 Å². The molecule has 1 unspecified atom stereocenters. The summed E-state index contributed by atoms with van der Waals surface area (Å²) in [5.41, 5.74) is 0. The molecule has 0 spiro atoms.